The first kappa shape index (κ1) is 13.3. The number of nitrogens with two attached hydrogens (primary N) is 1. The molecular formula is C14H28N2O. The maximum Gasteiger partial charge on any atom is 0.0445 e. The second kappa shape index (κ2) is 6.17. The molecule has 17 heavy (non-hydrogen) atoms. The third kappa shape index (κ3) is 3.43. The lowest BCUT2D eigenvalue weighted by Crippen LogP contribution is -2.44. The van der Waals surface area contributed by atoms with Crippen molar-refractivity contribution in [2.75, 3.05) is 19.7 Å². The second-order valence-corrected chi connectivity index (χ2v) is 6.15. The Kier molecular flexibility index (Phi) is 4.83. The van der Waals surface area contributed by atoms with Crippen molar-refractivity contribution >= 4 is 0 Å². The van der Waals surface area contributed by atoms with Gasteiger partial charge in [0.2, 0.25) is 0 Å². The zero-order chi connectivity index (χ0) is 12.3. The van der Waals surface area contributed by atoms with Crippen LogP contribution in [0.2, 0.25) is 0 Å². The van der Waals surface area contributed by atoms with Crippen molar-refractivity contribution in [3.8, 4) is 0 Å². The Morgan fingerprint density at radius 2 is 2.12 bits per heavy atom. The Morgan fingerprint density at radius 1 is 1.29 bits per heavy atom. The van der Waals surface area contributed by atoms with Gasteiger partial charge in [0.1, 0.15) is 0 Å². The first-order valence-electron chi connectivity index (χ1n) is 7.31. The van der Waals surface area contributed by atoms with Gasteiger partial charge in [0.25, 0.3) is 0 Å². The Labute approximate surface area is 105 Å². The van der Waals surface area contributed by atoms with Crippen LogP contribution in [0.15, 0.2) is 0 Å². The van der Waals surface area contributed by atoms with E-state index in [1.165, 1.54) is 38.6 Å². The highest BCUT2D eigenvalue weighted by molar-refractivity contribution is 4.87. The SMILES string of the molecule is CC1CCC(N)C(CN2CCCC2CCO)C1. The molecule has 1 aliphatic heterocycles. The normalized spacial score (nSPS) is 39.7. The van der Waals surface area contributed by atoms with Crippen molar-refractivity contribution in [3.05, 3.63) is 0 Å². The molecule has 1 heterocycles. The molecule has 3 N–H and O–H groups in total. The van der Waals surface area contributed by atoms with Crippen molar-refractivity contribution in [1.29, 1.82) is 0 Å². The van der Waals surface area contributed by atoms with Crippen LogP contribution in [-0.2, 0) is 0 Å². The Hall–Kier alpha value is -0.120. The predicted molar refractivity (Wildman–Crippen MR) is 70.8 cm³/mol. The minimum atomic E-state index is 0.328. The van der Waals surface area contributed by atoms with E-state index < -0.39 is 0 Å². The van der Waals surface area contributed by atoms with E-state index in [2.05, 4.69) is 11.8 Å². The Balaban J connectivity index is 1.86. The van der Waals surface area contributed by atoms with Gasteiger partial charge >= 0.3 is 0 Å². The van der Waals surface area contributed by atoms with Gasteiger partial charge in [-0.2, -0.15) is 0 Å². The summed E-state index contributed by atoms with van der Waals surface area (Å²) in [6.45, 7) is 5.06. The number of hydrogen-bond acceptors (Lipinski definition) is 3. The number of rotatable bonds is 4. The van der Waals surface area contributed by atoms with Crippen LogP contribution in [0.25, 0.3) is 0 Å². The van der Waals surface area contributed by atoms with Gasteiger partial charge in [0, 0.05) is 25.2 Å². The molecule has 0 bridgehead atoms. The number of hydrogen-bond donors (Lipinski definition) is 2. The Morgan fingerprint density at radius 3 is 2.88 bits per heavy atom. The summed E-state index contributed by atoms with van der Waals surface area (Å²) >= 11 is 0. The van der Waals surface area contributed by atoms with Gasteiger partial charge in [-0.25, -0.2) is 0 Å². The molecule has 0 aromatic heterocycles. The summed E-state index contributed by atoms with van der Waals surface area (Å²) in [5.41, 5.74) is 6.26. The molecule has 0 spiro atoms. The minimum Gasteiger partial charge on any atom is -0.396 e. The number of aliphatic hydroxyl groups is 1. The minimum absolute atomic E-state index is 0.328. The predicted octanol–water partition coefficient (Wildman–Crippen LogP) is 1.60. The quantitative estimate of drug-likeness (QED) is 0.784. The third-order valence-electron chi connectivity index (χ3n) is 4.73. The fourth-order valence-corrected chi connectivity index (χ4v) is 3.64. The molecule has 4 unspecified atom stereocenters. The molecule has 0 aromatic rings. The van der Waals surface area contributed by atoms with Gasteiger partial charge in [-0.15, -0.1) is 0 Å². The molecular weight excluding hydrogens is 212 g/mol. The fraction of sp³-hybridized carbons (Fsp3) is 1.00. The van der Waals surface area contributed by atoms with Gasteiger partial charge < -0.3 is 10.8 Å². The zero-order valence-electron chi connectivity index (χ0n) is 11.1. The van der Waals surface area contributed by atoms with Crippen LogP contribution in [0.5, 0.6) is 0 Å². The second-order valence-electron chi connectivity index (χ2n) is 6.15. The lowest BCUT2D eigenvalue weighted by molar-refractivity contribution is 0.136. The van der Waals surface area contributed by atoms with E-state index in [0.29, 0.717) is 24.6 Å². The molecule has 4 atom stereocenters. The maximum atomic E-state index is 9.09. The summed E-state index contributed by atoms with van der Waals surface area (Å²) < 4.78 is 0. The van der Waals surface area contributed by atoms with E-state index in [4.69, 9.17) is 10.8 Å². The van der Waals surface area contributed by atoms with Gasteiger partial charge in [0.05, 0.1) is 0 Å². The molecule has 0 aromatic carbocycles. The van der Waals surface area contributed by atoms with Crippen LogP contribution in [0, 0.1) is 11.8 Å². The molecule has 1 aliphatic carbocycles. The van der Waals surface area contributed by atoms with Crippen LogP contribution in [0.1, 0.15) is 45.4 Å². The highest BCUT2D eigenvalue weighted by Crippen LogP contribution is 2.30. The number of aliphatic hydroxyl groups excluding tert-OH is 1. The van der Waals surface area contributed by atoms with Gasteiger partial charge in [-0.05, 0) is 56.9 Å². The third-order valence-corrected chi connectivity index (χ3v) is 4.73. The first-order valence-corrected chi connectivity index (χ1v) is 7.31. The molecule has 100 valence electrons. The zero-order valence-corrected chi connectivity index (χ0v) is 11.1. The summed E-state index contributed by atoms with van der Waals surface area (Å²) in [5.74, 6) is 1.52. The number of likely N-dealkylation sites (tertiary alicyclic amines) is 1. The van der Waals surface area contributed by atoms with Crippen molar-refractivity contribution < 1.29 is 5.11 Å². The van der Waals surface area contributed by atoms with Crippen LogP contribution in [0.3, 0.4) is 0 Å². The molecule has 3 nitrogen and oxygen atoms in total. The average molecular weight is 240 g/mol. The lowest BCUT2D eigenvalue weighted by atomic mass is 9.79. The van der Waals surface area contributed by atoms with E-state index in [0.717, 1.165) is 18.9 Å². The molecule has 2 fully saturated rings. The maximum absolute atomic E-state index is 9.09. The summed E-state index contributed by atoms with van der Waals surface area (Å²) in [4.78, 5) is 2.58. The van der Waals surface area contributed by atoms with E-state index in [1.54, 1.807) is 0 Å². The van der Waals surface area contributed by atoms with E-state index >= 15 is 0 Å². The van der Waals surface area contributed by atoms with Gasteiger partial charge in [-0.3, -0.25) is 4.90 Å². The smallest absolute Gasteiger partial charge is 0.0445 e. The molecule has 0 radical (unpaired) electrons. The Bertz CT molecular complexity index is 234. The van der Waals surface area contributed by atoms with Gasteiger partial charge in [-0.1, -0.05) is 6.92 Å². The topological polar surface area (TPSA) is 49.5 Å². The van der Waals surface area contributed by atoms with Crippen molar-refractivity contribution in [1.82, 2.24) is 4.90 Å². The molecule has 1 saturated heterocycles. The number of nitrogens with zero attached hydrogens (tertiary/aromatic N) is 1. The van der Waals surface area contributed by atoms with Crippen LogP contribution in [0.4, 0.5) is 0 Å². The summed E-state index contributed by atoms with van der Waals surface area (Å²) in [6, 6.07) is 1.02. The lowest BCUT2D eigenvalue weighted by Gasteiger charge is -2.36. The summed E-state index contributed by atoms with van der Waals surface area (Å²) in [7, 11) is 0. The molecule has 2 aliphatic rings. The van der Waals surface area contributed by atoms with Gasteiger partial charge in [0.15, 0.2) is 0 Å². The van der Waals surface area contributed by atoms with E-state index in [-0.39, 0.29) is 0 Å². The van der Waals surface area contributed by atoms with Crippen LogP contribution < -0.4 is 5.73 Å². The van der Waals surface area contributed by atoms with E-state index in [9.17, 15) is 0 Å². The summed E-state index contributed by atoms with van der Waals surface area (Å²) in [5, 5.41) is 9.09. The molecule has 2 rings (SSSR count). The molecule has 3 heteroatoms. The highest BCUT2D eigenvalue weighted by atomic mass is 16.3. The van der Waals surface area contributed by atoms with Crippen LogP contribution >= 0.6 is 0 Å². The average Bonchev–Trinajstić information content (AvgIpc) is 2.72. The fourth-order valence-electron chi connectivity index (χ4n) is 3.64. The standard InChI is InChI=1S/C14H28N2O/c1-11-4-5-14(15)12(9-11)10-16-7-2-3-13(16)6-8-17/h11-14,17H,2-10,15H2,1H3. The van der Waals surface area contributed by atoms with Crippen molar-refractivity contribution in [2.24, 2.45) is 17.6 Å². The highest BCUT2D eigenvalue weighted by Gasteiger charge is 2.31. The van der Waals surface area contributed by atoms with Crippen molar-refractivity contribution in [3.63, 3.8) is 0 Å². The first-order chi connectivity index (χ1) is 8.20. The molecule has 1 saturated carbocycles. The van der Waals surface area contributed by atoms with Crippen molar-refractivity contribution in [2.45, 2.75) is 57.5 Å². The van der Waals surface area contributed by atoms with Crippen LogP contribution in [-0.4, -0.2) is 41.8 Å². The summed E-state index contributed by atoms with van der Waals surface area (Å²) in [6.07, 6.45) is 7.29. The van der Waals surface area contributed by atoms with E-state index in [1.807, 2.05) is 0 Å². The largest absolute Gasteiger partial charge is 0.396 e. The monoisotopic (exact) mass is 240 g/mol. The molecule has 0 amide bonds.